The number of nitriles is 1. The van der Waals surface area contributed by atoms with Crippen LogP contribution in [-0.2, 0) is 0 Å². The van der Waals surface area contributed by atoms with Gasteiger partial charge in [0.05, 0.1) is 9.95 Å². The summed E-state index contributed by atoms with van der Waals surface area (Å²) in [6.07, 6.45) is 0. The number of hydrogen-bond acceptors (Lipinski definition) is 4. The van der Waals surface area contributed by atoms with Crippen LogP contribution in [0.3, 0.4) is 0 Å². The van der Waals surface area contributed by atoms with Crippen molar-refractivity contribution in [2.75, 3.05) is 0 Å². The number of nitrogens with zero attached hydrogens (tertiary/aromatic N) is 2. The van der Waals surface area contributed by atoms with Crippen molar-refractivity contribution >= 4 is 17.3 Å². The quantitative estimate of drug-likeness (QED) is 0.626. The summed E-state index contributed by atoms with van der Waals surface area (Å²) in [4.78, 5) is 10.1. The van der Waals surface area contributed by atoms with Crippen LogP contribution in [0.4, 0.5) is 5.69 Å². The molecule has 0 saturated heterocycles. The maximum absolute atomic E-state index is 10.7. The Balaban J connectivity index is 2.41. The number of benzene rings is 2. The van der Waals surface area contributed by atoms with Gasteiger partial charge in [0, 0.05) is 12.1 Å². The Kier molecular flexibility index (Phi) is 3.87. The van der Waals surface area contributed by atoms with Crippen molar-refractivity contribution in [2.45, 2.75) is 6.92 Å². The number of ether oxygens (including phenoxy) is 1. The van der Waals surface area contributed by atoms with E-state index < -0.39 is 4.92 Å². The zero-order chi connectivity index (χ0) is 14.7. The van der Waals surface area contributed by atoms with E-state index in [4.69, 9.17) is 21.6 Å². The Labute approximate surface area is 120 Å². The van der Waals surface area contributed by atoms with Crippen molar-refractivity contribution in [3.05, 3.63) is 62.7 Å². The zero-order valence-electron chi connectivity index (χ0n) is 10.5. The van der Waals surface area contributed by atoms with Crippen LogP contribution in [0.1, 0.15) is 11.1 Å². The summed E-state index contributed by atoms with van der Waals surface area (Å²) in [5.74, 6) is 0.627. The lowest BCUT2D eigenvalue weighted by molar-refractivity contribution is -0.384. The summed E-state index contributed by atoms with van der Waals surface area (Å²) < 4.78 is 5.57. The Morgan fingerprint density at radius 3 is 2.65 bits per heavy atom. The average Bonchev–Trinajstić information content (AvgIpc) is 2.43. The van der Waals surface area contributed by atoms with Crippen molar-refractivity contribution in [1.29, 1.82) is 5.26 Å². The number of nitro benzene ring substituents is 1. The van der Waals surface area contributed by atoms with Crippen LogP contribution in [-0.4, -0.2) is 4.92 Å². The van der Waals surface area contributed by atoms with Crippen molar-refractivity contribution in [3.63, 3.8) is 0 Å². The van der Waals surface area contributed by atoms with Crippen molar-refractivity contribution in [2.24, 2.45) is 0 Å². The van der Waals surface area contributed by atoms with E-state index in [0.717, 1.165) is 5.56 Å². The van der Waals surface area contributed by atoms with E-state index in [-0.39, 0.29) is 17.0 Å². The molecule has 0 N–H and O–H groups in total. The van der Waals surface area contributed by atoms with Crippen LogP contribution in [0.5, 0.6) is 11.5 Å². The van der Waals surface area contributed by atoms with E-state index >= 15 is 0 Å². The number of hydrogen-bond donors (Lipinski definition) is 0. The summed E-state index contributed by atoms with van der Waals surface area (Å²) in [6, 6.07) is 10.9. The largest absolute Gasteiger partial charge is 0.454 e. The van der Waals surface area contributed by atoms with Gasteiger partial charge in [-0.3, -0.25) is 10.1 Å². The summed E-state index contributed by atoms with van der Waals surface area (Å²) in [7, 11) is 0. The minimum atomic E-state index is -0.565. The number of halogens is 1. The van der Waals surface area contributed by atoms with Gasteiger partial charge < -0.3 is 4.74 Å². The fourth-order valence-corrected chi connectivity index (χ4v) is 1.77. The predicted molar refractivity (Wildman–Crippen MR) is 74.1 cm³/mol. The lowest BCUT2D eigenvalue weighted by Crippen LogP contribution is -1.93. The molecule has 2 aromatic rings. The van der Waals surface area contributed by atoms with Gasteiger partial charge >= 0.3 is 0 Å². The fourth-order valence-electron chi connectivity index (χ4n) is 1.62. The number of non-ortho nitro benzene ring substituents is 1. The molecular weight excluding hydrogens is 280 g/mol. The minimum absolute atomic E-state index is 0.0803. The molecule has 0 radical (unpaired) electrons. The molecule has 0 aliphatic heterocycles. The van der Waals surface area contributed by atoms with Gasteiger partial charge in [0.25, 0.3) is 5.69 Å². The standard InChI is InChI=1S/C14H9ClN2O3/c1-9-2-4-12(15)14(6-9)20-13-5-3-11(17(18)19)7-10(13)8-16/h2-7H,1H3. The number of aryl methyl sites for hydroxylation is 1. The second-order valence-electron chi connectivity index (χ2n) is 4.09. The lowest BCUT2D eigenvalue weighted by Gasteiger charge is -2.09. The van der Waals surface area contributed by atoms with Gasteiger partial charge in [0.15, 0.2) is 0 Å². The van der Waals surface area contributed by atoms with Crippen LogP contribution in [0, 0.1) is 28.4 Å². The van der Waals surface area contributed by atoms with Gasteiger partial charge in [-0.15, -0.1) is 0 Å². The molecule has 5 nitrogen and oxygen atoms in total. The summed E-state index contributed by atoms with van der Waals surface area (Å²) in [5, 5.41) is 20.1. The van der Waals surface area contributed by atoms with Crippen LogP contribution in [0.2, 0.25) is 5.02 Å². The smallest absolute Gasteiger partial charge is 0.271 e. The second kappa shape index (κ2) is 5.59. The molecule has 0 saturated carbocycles. The molecule has 0 aliphatic rings. The van der Waals surface area contributed by atoms with Gasteiger partial charge in [-0.1, -0.05) is 17.7 Å². The molecule has 6 heteroatoms. The monoisotopic (exact) mass is 288 g/mol. The Bertz CT molecular complexity index is 723. The average molecular weight is 289 g/mol. The molecule has 0 unspecified atom stereocenters. The lowest BCUT2D eigenvalue weighted by atomic mass is 10.2. The first-order chi connectivity index (χ1) is 9.51. The fraction of sp³-hybridized carbons (Fsp3) is 0.0714. The first-order valence-corrected chi connectivity index (χ1v) is 6.01. The third-order valence-electron chi connectivity index (χ3n) is 2.60. The molecule has 0 fully saturated rings. The topological polar surface area (TPSA) is 76.2 Å². The first kappa shape index (κ1) is 13.8. The summed E-state index contributed by atoms with van der Waals surface area (Å²) in [5.41, 5.74) is 0.867. The zero-order valence-corrected chi connectivity index (χ0v) is 11.2. The molecule has 2 aromatic carbocycles. The van der Waals surface area contributed by atoms with Crippen molar-refractivity contribution in [3.8, 4) is 17.6 Å². The highest BCUT2D eigenvalue weighted by molar-refractivity contribution is 6.32. The molecule has 0 spiro atoms. The second-order valence-corrected chi connectivity index (χ2v) is 4.49. The van der Waals surface area contributed by atoms with E-state index in [1.54, 1.807) is 12.1 Å². The Morgan fingerprint density at radius 1 is 1.25 bits per heavy atom. The first-order valence-electron chi connectivity index (χ1n) is 5.64. The van der Waals surface area contributed by atoms with E-state index in [9.17, 15) is 10.1 Å². The van der Waals surface area contributed by atoms with E-state index in [0.29, 0.717) is 10.8 Å². The summed E-state index contributed by atoms with van der Waals surface area (Å²) >= 11 is 6.01. The third-order valence-corrected chi connectivity index (χ3v) is 2.91. The molecular formula is C14H9ClN2O3. The highest BCUT2D eigenvalue weighted by Crippen LogP contribution is 2.33. The van der Waals surface area contributed by atoms with Gasteiger partial charge in [0.1, 0.15) is 23.1 Å². The van der Waals surface area contributed by atoms with Crippen LogP contribution in [0.25, 0.3) is 0 Å². The highest BCUT2D eigenvalue weighted by atomic mass is 35.5. The van der Waals surface area contributed by atoms with Gasteiger partial charge in [-0.05, 0) is 30.7 Å². The highest BCUT2D eigenvalue weighted by Gasteiger charge is 2.13. The maximum Gasteiger partial charge on any atom is 0.271 e. The normalized spacial score (nSPS) is 9.85. The predicted octanol–water partition coefficient (Wildman–Crippen LogP) is 4.22. The number of rotatable bonds is 3. The van der Waals surface area contributed by atoms with Gasteiger partial charge in [0.2, 0.25) is 0 Å². The SMILES string of the molecule is Cc1ccc(Cl)c(Oc2ccc([N+](=O)[O-])cc2C#N)c1. The molecule has 0 aromatic heterocycles. The van der Waals surface area contributed by atoms with E-state index in [1.807, 2.05) is 19.1 Å². The van der Waals surface area contributed by atoms with Gasteiger partial charge in [-0.2, -0.15) is 5.26 Å². The van der Waals surface area contributed by atoms with Gasteiger partial charge in [-0.25, -0.2) is 0 Å². The van der Waals surface area contributed by atoms with Crippen molar-refractivity contribution < 1.29 is 9.66 Å². The van der Waals surface area contributed by atoms with E-state index in [2.05, 4.69) is 0 Å². The van der Waals surface area contributed by atoms with Crippen LogP contribution in [0.15, 0.2) is 36.4 Å². The van der Waals surface area contributed by atoms with E-state index in [1.165, 1.54) is 18.2 Å². The molecule has 0 atom stereocenters. The Morgan fingerprint density at radius 2 is 2.00 bits per heavy atom. The number of nitro groups is 1. The molecule has 0 bridgehead atoms. The molecule has 100 valence electrons. The van der Waals surface area contributed by atoms with Crippen LogP contribution >= 0.6 is 11.6 Å². The molecule has 0 aliphatic carbocycles. The molecule has 20 heavy (non-hydrogen) atoms. The van der Waals surface area contributed by atoms with Crippen molar-refractivity contribution in [1.82, 2.24) is 0 Å². The Hall–Kier alpha value is -2.58. The molecule has 0 amide bonds. The summed E-state index contributed by atoms with van der Waals surface area (Å²) in [6.45, 7) is 1.88. The van der Waals surface area contributed by atoms with Crippen LogP contribution < -0.4 is 4.74 Å². The molecule has 2 rings (SSSR count). The third kappa shape index (κ3) is 2.87. The molecule has 0 heterocycles. The maximum atomic E-state index is 10.7. The minimum Gasteiger partial charge on any atom is -0.454 e.